The molecule has 4 rings (SSSR count). The zero-order valence-electron chi connectivity index (χ0n) is 19.5. The van der Waals surface area contributed by atoms with E-state index in [1.165, 1.54) is 12.7 Å². The fourth-order valence-electron chi connectivity index (χ4n) is 3.62. The van der Waals surface area contributed by atoms with Gasteiger partial charge in [0.05, 0.1) is 25.0 Å². The van der Waals surface area contributed by atoms with Crippen LogP contribution >= 0.6 is 0 Å². The number of hydrogen-bond donors (Lipinski definition) is 2. The van der Waals surface area contributed by atoms with Crippen molar-refractivity contribution in [1.82, 2.24) is 25.1 Å². The molecule has 2 aromatic heterocycles. The van der Waals surface area contributed by atoms with Crippen molar-refractivity contribution >= 4 is 22.7 Å². The van der Waals surface area contributed by atoms with Gasteiger partial charge in [-0.3, -0.25) is 0 Å². The zero-order chi connectivity index (χ0) is 24.2. The molecule has 0 fully saturated rings. The molecule has 0 spiro atoms. The second-order valence-corrected chi connectivity index (χ2v) is 8.23. The molecule has 0 saturated carbocycles. The minimum atomic E-state index is -1.22. The quantitative estimate of drug-likeness (QED) is 0.407. The number of nitrogens with one attached hydrogen (secondary N) is 1. The zero-order valence-corrected chi connectivity index (χ0v) is 19.5. The molecule has 0 radical (unpaired) electrons. The van der Waals surface area contributed by atoms with Crippen LogP contribution in [0, 0.1) is 6.92 Å². The van der Waals surface area contributed by atoms with Gasteiger partial charge in [-0.25, -0.2) is 14.8 Å². The first-order valence-corrected chi connectivity index (χ1v) is 10.7. The molecule has 34 heavy (non-hydrogen) atoms. The van der Waals surface area contributed by atoms with Gasteiger partial charge in [-0.2, -0.15) is 10.2 Å². The molecular weight excluding hydrogens is 432 g/mol. The Hall–Kier alpha value is -4.11. The number of carbonyl (C=O) groups is 1. The number of aryl methyl sites for hydroxylation is 1. The Morgan fingerprint density at radius 2 is 1.79 bits per heavy atom. The third-order valence-electron chi connectivity index (χ3n) is 5.25. The van der Waals surface area contributed by atoms with Crippen LogP contribution in [-0.4, -0.2) is 57.3 Å². The molecule has 0 amide bonds. The number of hydrogen-bond acceptors (Lipinski definition) is 8. The lowest BCUT2D eigenvalue weighted by Crippen LogP contribution is -2.11. The Labute approximate surface area is 197 Å². The van der Waals surface area contributed by atoms with E-state index in [1.54, 1.807) is 0 Å². The van der Waals surface area contributed by atoms with Crippen LogP contribution in [0.1, 0.15) is 27.6 Å². The number of rotatable bonds is 8. The van der Waals surface area contributed by atoms with Crippen LogP contribution in [0.25, 0.3) is 22.0 Å². The van der Waals surface area contributed by atoms with Gasteiger partial charge in [0.1, 0.15) is 17.1 Å². The number of aromatic carboxylic acids is 1. The summed E-state index contributed by atoms with van der Waals surface area (Å²) in [5.74, 6) is -0.686. The van der Waals surface area contributed by atoms with Crippen LogP contribution < -0.4 is 10.1 Å². The van der Waals surface area contributed by atoms with Gasteiger partial charge in [-0.1, -0.05) is 24.3 Å². The normalized spacial score (nSPS) is 11.1. The van der Waals surface area contributed by atoms with Crippen molar-refractivity contribution in [3.63, 3.8) is 0 Å². The van der Waals surface area contributed by atoms with E-state index >= 15 is 0 Å². The summed E-state index contributed by atoms with van der Waals surface area (Å²) in [5.41, 5.74) is 5.05. The van der Waals surface area contributed by atoms with Gasteiger partial charge in [0.2, 0.25) is 5.82 Å². The molecule has 0 aliphatic heterocycles. The predicted octanol–water partition coefficient (Wildman–Crippen LogP) is 3.78. The Kier molecular flexibility index (Phi) is 6.65. The van der Waals surface area contributed by atoms with Crippen molar-refractivity contribution in [2.24, 2.45) is 0 Å². The highest BCUT2D eigenvalue weighted by Crippen LogP contribution is 2.35. The van der Waals surface area contributed by atoms with Gasteiger partial charge in [-0.15, -0.1) is 0 Å². The standard InChI is InChI=1S/C25H26N6O3/c1-15-5-10-19(30-29-15)13-26-23-20-11-18(17-8-6-16(7-9-17)14-31(2)3)12-21(34-4)22(20)27-24(28-23)25(32)33/h5-12H,13-14H2,1-4H3,(H,32,33)(H,26,27,28). The average molecular weight is 459 g/mol. The van der Waals surface area contributed by atoms with Crippen molar-refractivity contribution in [2.45, 2.75) is 20.0 Å². The highest BCUT2D eigenvalue weighted by Gasteiger charge is 2.18. The number of anilines is 1. The molecular formula is C25H26N6O3. The average Bonchev–Trinajstić information content (AvgIpc) is 2.82. The highest BCUT2D eigenvalue weighted by molar-refractivity contribution is 5.99. The maximum Gasteiger partial charge on any atom is 0.374 e. The fraction of sp³-hybridized carbons (Fsp3) is 0.240. The molecule has 2 N–H and O–H groups in total. The van der Waals surface area contributed by atoms with Crippen LogP contribution in [0.4, 0.5) is 5.82 Å². The maximum atomic E-state index is 11.7. The van der Waals surface area contributed by atoms with Crippen molar-refractivity contribution in [1.29, 1.82) is 0 Å². The SMILES string of the molecule is COc1cc(-c2ccc(CN(C)C)cc2)cc2c(NCc3ccc(C)nn3)nc(C(=O)O)nc12. The molecule has 2 heterocycles. The lowest BCUT2D eigenvalue weighted by Gasteiger charge is -2.14. The van der Waals surface area contributed by atoms with Gasteiger partial charge in [0.15, 0.2) is 0 Å². The number of carboxylic acids is 1. The summed E-state index contributed by atoms with van der Waals surface area (Å²) in [4.78, 5) is 22.3. The molecule has 0 aliphatic carbocycles. The second-order valence-electron chi connectivity index (χ2n) is 8.23. The molecule has 2 aromatic carbocycles. The lowest BCUT2D eigenvalue weighted by atomic mass is 10.0. The van der Waals surface area contributed by atoms with E-state index in [9.17, 15) is 9.90 Å². The first-order valence-electron chi connectivity index (χ1n) is 10.7. The molecule has 9 nitrogen and oxygen atoms in total. The summed E-state index contributed by atoms with van der Waals surface area (Å²) in [5, 5.41) is 21.6. The number of ether oxygens (including phenoxy) is 1. The first-order chi connectivity index (χ1) is 16.3. The smallest absolute Gasteiger partial charge is 0.374 e. The molecule has 9 heteroatoms. The Bertz CT molecular complexity index is 1320. The van der Waals surface area contributed by atoms with E-state index in [-0.39, 0.29) is 5.82 Å². The van der Waals surface area contributed by atoms with Crippen LogP contribution in [0.3, 0.4) is 0 Å². The number of nitrogens with zero attached hydrogens (tertiary/aromatic N) is 5. The lowest BCUT2D eigenvalue weighted by molar-refractivity contribution is 0.0684. The summed E-state index contributed by atoms with van der Waals surface area (Å²) in [6.07, 6.45) is 0. The highest BCUT2D eigenvalue weighted by atomic mass is 16.5. The van der Waals surface area contributed by atoms with Gasteiger partial charge in [0, 0.05) is 11.9 Å². The number of carboxylic acid groups (broad SMARTS) is 1. The second kappa shape index (κ2) is 9.80. The Morgan fingerprint density at radius 3 is 2.41 bits per heavy atom. The fourth-order valence-corrected chi connectivity index (χ4v) is 3.62. The number of methoxy groups -OCH3 is 1. The van der Waals surface area contributed by atoms with Crippen LogP contribution in [-0.2, 0) is 13.1 Å². The molecule has 0 aliphatic rings. The Morgan fingerprint density at radius 1 is 1.03 bits per heavy atom. The minimum absolute atomic E-state index is 0.316. The number of aromatic nitrogens is 4. The maximum absolute atomic E-state index is 11.7. The molecule has 0 saturated heterocycles. The van der Waals surface area contributed by atoms with E-state index in [0.29, 0.717) is 34.7 Å². The van der Waals surface area contributed by atoms with Crippen molar-refractivity contribution in [3.8, 4) is 16.9 Å². The number of fused-ring (bicyclic) bond motifs is 1. The van der Waals surface area contributed by atoms with E-state index in [2.05, 4.69) is 54.6 Å². The summed E-state index contributed by atoms with van der Waals surface area (Å²) in [6.45, 7) is 3.04. The van der Waals surface area contributed by atoms with E-state index in [4.69, 9.17) is 4.74 Å². The van der Waals surface area contributed by atoms with Crippen LogP contribution in [0.2, 0.25) is 0 Å². The molecule has 0 atom stereocenters. The minimum Gasteiger partial charge on any atom is -0.494 e. The largest absolute Gasteiger partial charge is 0.494 e. The van der Waals surface area contributed by atoms with E-state index < -0.39 is 5.97 Å². The summed E-state index contributed by atoms with van der Waals surface area (Å²) >= 11 is 0. The van der Waals surface area contributed by atoms with Crippen LogP contribution in [0.15, 0.2) is 48.5 Å². The molecule has 0 bridgehead atoms. The molecule has 174 valence electrons. The molecule has 0 unspecified atom stereocenters. The predicted molar refractivity (Wildman–Crippen MR) is 130 cm³/mol. The van der Waals surface area contributed by atoms with Crippen molar-refractivity contribution in [3.05, 3.63) is 71.3 Å². The summed E-state index contributed by atoms with van der Waals surface area (Å²) in [6, 6.07) is 15.8. The van der Waals surface area contributed by atoms with Gasteiger partial charge < -0.3 is 20.1 Å². The molecule has 4 aromatic rings. The van der Waals surface area contributed by atoms with E-state index in [1.807, 2.05) is 45.3 Å². The van der Waals surface area contributed by atoms with Crippen molar-refractivity contribution in [2.75, 3.05) is 26.5 Å². The first kappa shape index (κ1) is 23.1. The van der Waals surface area contributed by atoms with Gasteiger partial charge in [0.25, 0.3) is 0 Å². The summed E-state index contributed by atoms with van der Waals surface area (Å²) in [7, 11) is 5.60. The Balaban J connectivity index is 1.78. The van der Waals surface area contributed by atoms with E-state index in [0.717, 1.165) is 23.4 Å². The van der Waals surface area contributed by atoms with Crippen LogP contribution in [0.5, 0.6) is 5.75 Å². The summed E-state index contributed by atoms with van der Waals surface area (Å²) < 4.78 is 5.59. The third-order valence-corrected chi connectivity index (χ3v) is 5.25. The third kappa shape index (κ3) is 5.10. The van der Waals surface area contributed by atoms with Gasteiger partial charge >= 0.3 is 5.97 Å². The van der Waals surface area contributed by atoms with Gasteiger partial charge in [-0.05, 0) is 62.0 Å². The van der Waals surface area contributed by atoms with Crippen molar-refractivity contribution < 1.29 is 14.6 Å². The number of benzene rings is 2. The topological polar surface area (TPSA) is 113 Å². The monoisotopic (exact) mass is 458 g/mol.